The number of ether oxygens (including phenoxy) is 1. The molecule has 0 atom stereocenters. The molecule has 0 radical (unpaired) electrons. The van der Waals surface area contributed by atoms with Crippen LogP contribution in [0.2, 0.25) is 0 Å². The average Bonchev–Trinajstić information content (AvgIpc) is 2.43. The first-order chi connectivity index (χ1) is 9.90. The molecule has 1 heterocycles. The lowest BCUT2D eigenvalue weighted by Gasteiger charge is -2.12. The van der Waals surface area contributed by atoms with Crippen LogP contribution in [0.15, 0.2) is 30.3 Å². The van der Waals surface area contributed by atoms with E-state index in [-0.39, 0.29) is 5.75 Å². The van der Waals surface area contributed by atoms with Gasteiger partial charge in [0, 0.05) is 25.2 Å². The van der Waals surface area contributed by atoms with Crippen LogP contribution in [-0.2, 0) is 10.0 Å². The molecule has 0 N–H and O–H groups in total. The van der Waals surface area contributed by atoms with E-state index in [1.54, 1.807) is 0 Å². The third-order valence-electron chi connectivity index (χ3n) is 3.18. The van der Waals surface area contributed by atoms with E-state index in [1.807, 2.05) is 37.3 Å². The number of nitrogens with zero attached hydrogens (tertiary/aromatic N) is 2. The van der Waals surface area contributed by atoms with Gasteiger partial charge in [0.25, 0.3) is 0 Å². The molecule has 0 spiro atoms. The lowest BCUT2D eigenvalue weighted by atomic mass is 10.2. The molecule has 0 bridgehead atoms. The fourth-order valence-corrected chi connectivity index (χ4v) is 2.79. The molecule has 0 amide bonds. The molecule has 2 rings (SSSR count). The van der Waals surface area contributed by atoms with Crippen LogP contribution in [-0.4, -0.2) is 44.2 Å². The number of aryl methyl sites for hydroxylation is 1. The van der Waals surface area contributed by atoms with E-state index in [9.17, 15) is 8.42 Å². The number of benzene rings is 1. The van der Waals surface area contributed by atoms with Gasteiger partial charge in [0.1, 0.15) is 11.3 Å². The minimum absolute atomic E-state index is 0.0806. The van der Waals surface area contributed by atoms with Gasteiger partial charge in [0.2, 0.25) is 10.0 Å². The smallest absolute Gasteiger partial charge is 0.213 e. The number of sulfonamides is 1. The van der Waals surface area contributed by atoms with Gasteiger partial charge in [0.05, 0.1) is 12.4 Å². The first-order valence-corrected chi connectivity index (χ1v) is 8.40. The number of hydrogen-bond donors (Lipinski definition) is 0. The molecule has 0 aliphatic rings. The minimum Gasteiger partial charge on any atom is -0.491 e. The summed E-state index contributed by atoms with van der Waals surface area (Å²) in [6, 6.07) is 9.70. The van der Waals surface area contributed by atoms with Crippen LogP contribution in [0.25, 0.3) is 10.9 Å². The maximum absolute atomic E-state index is 11.7. The van der Waals surface area contributed by atoms with Crippen molar-refractivity contribution in [3.8, 4) is 5.75 Å². The SMILES string of the molecule is Cc1ccc2cccc(OCCCS(=O)(=O)N(C)C)c2n1. The Morgan fingerprint density at radius 3 is 2.67 bits per heavy atom. The van der Waals surface area contributed by atoms with Gasteiger partial charge in [-0.25, -0.2) is 17.7 Å². The summed E-state index contributed by atoms with van der Waals surface area (Å²) in [4.78, 5) is 4.48. The molecule has 1 aromatic carbocycles. The maximum Gasteiger partial charge on any atom is 0.213 e. The summed E-state index contributed by atoms with van der Waals surface area (Å²) in [6.45, 7) is 2.28. The van der Waals surface area contributed by atoms with Gasteiger partial charge in [-0.15, -0.1) is 0 Å². The Morgan fingerprint density at radius 2 is 1.95 bits per heavy atom. The van der Waals surface area contributed by atoms with Crippen molar-refractivity contribution in [1.29, 1.82) is 0 Å². The maximum atomic E-state index is 11.7. The van der Waals surface area contributed by atoms with Crippen molar-refractivity contribution in [2.24, 2.45) is 0 Å². The molecule has 21 heavy (non-hydrogen) atoms. The van der Waals surface area contributed by atoms with Crippen LogP contribution in [0.5, 0.6) is 5.75 Å². The average molecular weight is 308 g/mol. The van der Waals surface area contributed by atoms with Gasteiger partial charge >= 0.3 is 0 Å². The highest BCUT2D eigenvalue weighted by Gasteiger charge is 2.13. The number of aromatic nitrogens is 1. The van der Waals surface area contributed by atoms with E-state index >= 15 is 0 Å². The van der Waals surface area contributed by atoms with Gasteiger partial charge in [-0.05, 0) is 25.5 Å². The highest BCUT2D eigenvalue weighted by molar-refractivity contribution is 7.89. The fourth-order valence-electron chi connectivity index (χ4n) is 1.94. The monoisotopic (exact) mass is 308 g/mol. The summed E-state index contributed by atoms with van der Waals surface area (Å²) in [5.74, 6) is 0.774. The van der Waals surface area contributed by atoms with E-state index in [1.165, 1.54) is 18.4 Å². The van der Waals surface area contributed by atoms with Gasteiger partial charge in [0.15, 0.2) is 0 Å². The van der Waals surface area contributed by atoms with E-state index in [2.05, 4.69) is 4.98 Å². The highest BCUT2D eigenvalue weighted by Crippen LogP contribution is 2.24. The van der Waals surface area contributed by atoms with Crippen molar-refractivity contribution < 1.29 is 13.2 Å². The fraction of sp³-hybridized carbons (Fsp3) is 0.400. The Bertz CT molecular complexity index is 727. The summed E-state index contributed by atoms with van der Waals surface area (Å²) in [5, 5.41) is 1.01. The van der Waals surface area contributed by atoms with Crippen LogP contribution in [0.3, 0.4) is 0 Å². The van der Waals surface area contributed by atoms with Crippen LogP contribution >= 0.6 is 0 Å². The topological polar surface area (TPSA) is 59.5 Å². The third-order valence-corrected chi connectivity index (χ3v) is 5.10. The quantitative estimate of drug-likeness (QED) is 0.768. The summed E-state index contributed by atoms with van der Waals surface area (Å²) >= 11 is 0. The molecule has 0 aliphatic carbocycles. The molecule has 0 saturated heterocycles. The molecular weight excluding hydrogens is 288 g/mol. The third kappa shape index (κ3) is 3.92. The molecule has 6 heteroatoms. The van der Waals surface area contributed by atoms with Gasteiger partial charge in [-0.3, -0.25) is 0 Å². The van der Waals surface area contributed by atoms with Crippen LogP contribution in [0.1, 0.15) is 12.1 Å². The van der Waals surface area contributed by atoms with E-state index < -0.39 is 10.0 Å². The summed E-state index contributed by atoms with van der Waals surface area (Å²) < 4.78 is 30.2. The Morgan fingerprint density at radius 1 is 1.19 bits per heavy atom. The van der Waals surface area contributed by atoms with Crippen molar-refractivity contribution >= 4 is 20.9 Å². The molecular formula is C15H20N2O3S. The standard InChI is InChI=1S/C15H20N2O3S/c1-12-8-9-13-6-4-7-14(15(13)16-12)20-10-5-11-21(18,19)17(2)3/h4,6-9H,5,10-11H2,1-3H3. The van der Waals surface area contributed by atoms with Crippen molar-refractivity contribution in [2.45, 2.75) is 13.3 Å². The Balaban J connectivity index is 2.03. The molecule has 114 valence electrons. The largest absolute Gasteiger partial charge is 0.491 e. The molecule has 2 aromatic rings. The van der Waals surface area contributed by atoms with Gasteiger partial charge in [-0.1, -0.05) is 18.2 Å². The summed E-state index contributed by atoms with van der Waals surface area (Å²) in [5.41, 5.74) is 1.74. The molecule has 0 aliphatic heterocycles. The van der Waals surface area contributed by atoms with E-state index in [0.29, 0.717) is 18.8 Å². The molecule has 5 nitrogen and oxygen atoms in total. The zero-order valence-electron chi connectivity index (χ0n) is 12.5. The second kappa shape index (κ2) is 6.41. The van der Waals surface area contributed by atoms with Crippen LogP contribution in [0, 0.1) is 6.92 Å². The Labute approximate surface area is 125 Å². The van der Waals surface area contributed by atoms with Gasteiger partial charge < -0.3 is 4.74 Å². The predicted molar refractivity (Wildman–Crippen MR) is 84.1 cm³/mol. The van der Waals surface area contributed by atoms with Crippen LogP contribution in [0.4, 0.5) is 0 Å². The first-order valence-electron chi connectivity index (χ1n) is 6.79. The minimum atomic E-state index is -3.16. The Kier molecular flexibility index (Phi) is 4.80. The lowest BCUT2D eigenvalue weighted by molar-refractivity contribution is 0.320. The van der Waals surface area contributed by atoms with Crippen molar-refractivity contribution in [3.05, 3.63) is 36.0 Å². The van der Waals surface area contributed by atoms with E-state index in [4.69, 9.17) is 4.74 Å². The van der Waals surface area contributed by atoms with Crippen molar-refractivity contribution in [2.75, 3.05) is 26.5 Å². The molecule has 0 saturated carbocycles. The molecule has 0 fully saturated rings. The number of rotatable bonds is 6. The summed E-state index contributed by atoms with van der Waals surface area (Å²) in [6.07, 6.45) is 0.447. The predicted octanol–water partition coefficient (Wildman–Crippen LogP) is 2.20. The lowest BCUT2D eigenvalue weighted by Crippen LogP contribution is -2.25. The number of para-hydroxylation sites is 1. The number of hydrogen-bond acceptors (Lipinski definition) is 4. The highest BCUT2D eigenvalue weighted by atomic mass is 32.2. The molecule has 0 unspecified atom stereocenters. The van der Waals surface area contributed by atoms with E-state index in [0.717, 1.165) is 16.6 Å². The Hall–Kier alpha value is -1.66. The first kappa shape index (κ1) is 15.7. The normalized spacial score (nSPS) is 12.0. The number of fused-ring (bicyclic) bond motifs is 1. The molecule has 1 aromatic heterocycles. The van der Waals surface area contributed by atoms with Gasteiger partial charge in [-0.2, -0.15) is 0 Å². The zero-order valence-corrected chi connectivity index (χ0v) is 13.4. The van der Waals surface area contributed by atoms with Crippen LogP contribution < -0.4 is 4.74 Å². The zero-order chi connectivity index (χ0) is 15.5. The number of pyridine rings is 1. The second-order valence-electron chi connectivity index (χ2n) is 5.08. The summed E-state index contributed by atoms with van der Waals surface area (Å²) in [7, 11) is -0.0935. The van der Waals surface area contributed by atoms with Crippen molar-refractivity contribution in [3.63, 3.8) is 0 Å². The van der Waals surface area contributed by atoms with Crippen molar-refractivity contribution in [1.82, 2.24) is 9.29 Å². The second-order valence-corrected chi connectivity index (χ2v) is 7.38.